The Hall–Kier alpha value is -2.60. The number of pyridine rings is 1. The van der Waals surface area contributed by atoms with Crippen LogP contribution in [0.2, 0.25) is 0 Å². The summed E-state index contributed by atoms with van der Waals surface area (Å²) in [6.45, 7) is 9.52. The summed E-state index contributed by atoms with van der Waals surface area (Å²) in [5.41, 5.74) is 3.33. The van der Waals surface area contributed by atoms with Crippen LogP contribution in [0.5, 0.6) is 0 Å². The molecule has 1 aliphatic rings. The SMILES string of the molecule is CC(C)CCNc1ccc(C(=O)Nc2ccc(N3CCN(C)CC3)cc2)nc1. The predicted octanol–water partition coefficient (Wildman–Crippen LogP) is 3.54. The third kappa shape index (κ3) is 5.70. The number of benzene rings is 1. The lowest BCUT2D eigenvalue weighted by molar-refractivity contribution is 0.102. The van der Waals surface area contributed by atoms with E-state index < -0.39 is 0 Å². The lowest BCUT2D eigenvalue weighted by atomic mass is 10.1. The lowest BCUT2D eigenvalue weighted by Gasteiger charge is -2.34. The number of rotatable bonds is 7. The van der Waals surface area contributed by atoms with Gasteiger partial charge in [0.25, 0.3) is 5.91 Å². The molecule has 1 aromatic carbocycles. The van der Waals surface area contributed by atoms with Gasteiger partial charge in [-0.3, -0.25) is 4.79 Å². The molecule has 0 aliphatic carbocycles. The van der Waals surface area contributed by atoms with Crippen molar-refractivity contribution in [2.45, 2.75) is 20.3 Å². The molecule has 6 heteroatoms. The van der Waals surface area contributed by atoms with Crippen molar-refractivity contribution >= 4 is 23.0 Å². The summed E-state index contributed by atoms with van der Waals surface area (Å²) in [4.78, 5) is 21.4. The Morgan fingerprint density at radius 2 is 1.71 bits per heavy atom. The molecule has 2 heterocycles. The van der Waals surface area contributed by atoms with Crippen molar-refractivity contribution in [3.05, 3.63) is 48.3 Å². The van der Waals surface area contributed by atoms with Gasteiger partial charge < -0.3 is 20.4 Å². The second-order valence-electron chi connectivity index (χ2n) is 7.83. The van der Waals surface area contributed by atoms with Gasteiger partial charge in [-0.15, -0.1) is 0 Å². The van der Waals surface area contributed by atoms with Gasteiger partial charge in [0.1, 0.15) is 5.69 Å². The molecular formula is C22H31N5O. The number of nitrogens with zero attached hydrogens (tertiary/aromatic N) is 3. The third-order valence-electron chi connectivity index (χ3n) is 5.04. The van der Waals surface area contributed by atoms with Crippen LogP contribution in [0.15, 0.2) is 42.6 Å². The number of carbonyl (C=O) groups excluding carboxylic acids is 1. The molecule has 0 unspecified atom stereocenters. The second-order valence-corrected chi connectivity index (χ2v) is 7.83. The minimum Gasteiger partial charge on any atom is -0.384 e. The van der Waals surface area contributed by atoms with Crippen molar-refractivity contribution in [1.29, 1.82) is 0 Å². The zero-order valence-corrected chi connectivity index (χ0v) is 17.1. The number of hydrogen-bond acceptors (Lipinski definition) is 5. The Morgan fingerprint density at radius 1 is 1.04 bits per heavy atom. The van der Waals surface area contributed by atoms with Gasteiger partial charge in [-0.1, -0.05) is 13.8 Å². The summed E-state index contributed by atoms with van der Waals surface area (Å²) in [7, 11) is 2.15. The van der Waals surface area contributed by atoms with E-state index in [1.165, 1.54) is 5.69 Å². The number of aromatic nitrogens is 1. The van der Waals surface area contributed by atoms with E-state index in [0.29, 0.717) is 11.6 Å². The quantitative estimate of drug-likeness (QED) is 0.768. The molecule has 0 atom stereocenters. The maximum Gasteiger partial charge on any atom is 0.274 e. The Balaban J connectivity index is 1.52. The normalized spacial score (nSPS) is 14.9. The largest absolute Gasteiger partial charge is 0.384 e. The second kappa shape index (κ2) is 9.55. The smallest absolute Gasteiger partial charge is 0.274 e. The molecule has 1 fully saturated rings. The van der Waals surface area contributed by atoms with Crippen molar-refractivity contribution in [1.82, 2.24) is 9.88 Å². The van der Waals surface area contributed by atoms with E-state index in [4.69, 9.17) is 0 Å². The molecule has 3 rings (SSSR count). The van der Waals surface area contributed by atoms with Crippen LogP contribution < -0.4 is 15.5 Å². The summed E-state index contributed by atoms with van der Waals surface area (Å²) in [6.07, 6.45) is 2.82. The fourth-order valence-electron chi connectivity index (χ4n) is 3.15. The first-order valence-corrected chi connectivity index (χ1v) is 10.1. The molecule has 2 aromatic rings. The minimum absolute atomic E-state index is 0.193. The minimum atomic E-state index is -0.193. The maximum absolute atomic E-state index is 12.4. The topological polar surface area (TPSA) is 60.5 Å². The molecule has 1 aromatic heterocycles. The van der Waals surface area contributed by atoms with E-state index in [1.807, 2.05) is 18.2 Å². The highest BCUT2D eigenvalue weighted by atomic mass is 16.1. The first-order chi connectivity index (χ1) is 13.5. The van der Waals surface area contributed by atoms with Gasteiger partial charge in [0, 0.05) is 44.1 Å². The Kier molecular flexibility index (Phi) is 6.87. The van der Waals surface area contributed by atoms with Crippen LogP contribution in [0.1, 0.15) is 30.8 Å². The number of piperazine rings is 1. The highest BCUT2D eigenvalue weighted by molar-refractivity contribution is 6.03. The average molecular weight is 382 g/mol. The number of likely N-dealkylation sites (N-methyl/N-ethyl adjacent to an activating group) is 1. The molecule has 150 valence electrons. The lowest BCUT2D eigenvalue weighted by Crippen LogP contribution is -2.44. The number of amides is 1. The van der Waals surface area contributed by atoms with Crippen LogP contribution in [0.4, 0.5) is 17.1 Å². The van der Waals surface area contributed by atoms with Crippen molar-refractivity contribution < 1.29 is 4.79 Å². The van der Waals surface area contributed by atoms with Gasteiger partial charge in [-0.25, -0.2) is 4.98 Å². The Labute approximate surface area is 167 Å². The molecular weight excluding hydrogens is 350 g/mol. The van der Waals surface area contributed by atoms with Gasteiger partial charge in [-0.2, -0.15) is 0 Å². The van der Waals surface area contributed by atoms with E-state index in [2.05, 4.69) is 58.4 Å². The number of nitrogens with one attached hydrogen (secondary N) is 2. The standard InChI is InChI=1S/C22H31N5O/c1-17(2)10-11-23-19-6-9-21(24-16-19)22(28)25-18-4-7-20(8-5-18)27-14-12-26(3)13-15-27/h4-9,16-17,23H,10-15H2,1-3H3,(H,25,28). The van der Waals surface area contributed by atoms with E-state index >= 15 is 0 Å². The predicted molar refractivity (Wildman–Crippen MR) is 116 cm³/mol. The van der Waals surface area contributed by atoms with Crippen LogP contribution in [-0.4, -0.2) is 55.6 Å². The highest BCUT2D eigenvalue weighted by Gasteiger charge is 2.14. The molecule has 0 bridgehead atoms. The average Bonchev–Trinajstić information content (AvgIpc) is 2.69. The van der Waals surface area contributed by atoms with Gasteiger partial charge in [-0.05, 0) is 55.8 Å². The summed E-state index contributed by atoms with van der Waals surface area (Å²) >= 11 is 0. The van der Waals surface area contributed by atoms with E-state index in [-0.39, 0.29) is 5.91 Å². The fraction of sp³-hybridized carbons (Fsp3) is 0.455. The summed E-state index contributed by atoms with van der Waals surface area (Å²) in [5, 5.41) is 6.25. The first kappa shape index (κ1) is 20.1. The maximum atomic E-state index is 12.4. The Bertz CT molecular complexity index is 750. The van der Waals surface area contributed by atoms with Crippen molar-refractivity contribution in [2.24, 2.45) is 5.92 Å². The number of hydrogen-bond donors (Lipinski definition) is 2. The molecule has 1 amide bonds. The number of carbonyl (C=O) groups is 1. The van der Waals surface area contributed by atoms with Crippen molar-refractivity contribution in [3.8, 4) is 0 Å². The van der Waals surface area contributed by atoms with Gasteiger partial charge >= 0.3 is 0 Å². The summed E-state index contributed by atoms with van der Waals surface area (Å²) in [6, 6.07) is 11.7. The molecule has 1 aliphatic heterocycles. The summed E-state index contributed by atoms with van der Waals surface area (Å²) in [5.74, 6) is 0.467. The highest BCUT2D eigenvalue weighted by Crippen LogP contribution is 2.20. The molecule has 0 spiro atoms. The monoisotopic (exact) mass is 381 g/mol. The molecule has 1 saturated heterocycles. The molecule has 28 heavy (non-hydrogen) atoms. The zero-order valence-electron chi connectivity index (χ0n) is 17.1. The van der Waals surface area contributed by atoms with E-state index in [0.717, 1.165) is 50.5 Å². The number of anilines is 3. The van der Waals surface area contributed by atoms with E-state index in [9.17, 15) is 4.79 Å². The van der Waals surface area contributed by atoms with Gasteiger partial charge in [0.05, 0.1) is 11.9 Å². The summed E-state index contributed by atoms with van der Waals surface area (Å²) < 4.78 is 0. The molecule has 0 radical (unpaired) electrons. The van der Waals surface area contributed by atoms with Crippen molar-refractivity contribution in [3.63, 3.8) is 0 Å². The van der Waals surface area contributed by atoms with Crippen LogP contribution in [0, 0.1) is 5.92 Å². The third-order valence-corrected chi connectivity index (χ3v) is 5.04. The van der Waals surface area contributed by atoms with Crippen LogP contribution in [-0.2, 0) is 0 Å². The van der Waals surface area contributed by atoms with Crippen LogP contribution >= 0.6 is 0 Å². The Morgan fingerprint density at radius 3 is 2.32 bits per heavy atom. The van der Waals surface area contributed by atoms with Crippen molar-refractivity contribution in [2.75, 3.05) is 55.3 Å². The van der Waals surface area contributed by atoms with Gasteiger partial charge in [0.2, 0.25) is 0 Å². The molecule has 0 saturated carbocycles. The van der Waals surface area contributed by atoms with E-state index in [1.54, 1.807) is 12.3 Å². The zero-order chi connectivity index (χ0) is 19.9. The van der Waals surface area contributed by atoms with Gasteiger partial charge in [0.15, 0.2) is 0 Å². The van der Waals surface area contributed by atoms with Crippen LogP contribution in [0.25, 0.3) is 0 Å². The molecule has 6 nitrogen and oxygen atoms in total. The first-order valence-electron chi connectivity index (χ1n) is 10.1. The molecule has 2 N–H and O–H groups in total. The fourth-order valence-corrected chi connectivity index (χ4v) is 3.15. The van der Waals surface area contributed by atoms with Crippen LogP contribution in [0.3, 0.4) is 0 Å².